The van der Waals surface area contributed by atoms with E-state index in [2.05, 4.69) is 10.2 Å². The summed E-state index contributed by atoms with van der Waals surface area (Å²) in [5.41, 5.74) is 0.995. The Balaban J connectivity index is 2.31. The van der Waals surface area contributed by atoms with Crippen LogP contribution in [-0.2, 0) is 11.2 Å². The van der Waals surface area contributed by atoms with Crippen LogP contribution in [0.2, 0.25) is 0 Å². The summed E-state index contributed by atoms with van der Waals surface area (Å²) in [6.07, 6.45) is 3.61. The van der Waals surface area contributed by atoms with E-state index in [1.165, 1.54) is 0 Å². The number of hydrogen-bond donors (Lipinski definition) is 2. The molecule has 1 heterocycles. The van der Waals surface area contributed by atoms with Crippen LogP contribution >= 0.6 is 0 Å². The molecule has 0 fully saturated rings. The molecule has 1 aromatic rings. The van der Waals surface area contributed by atoms with Crippen molar-refractivity contribution in [3.63, 3.8) is 0 Å². The van der Waals surface area contributed by atoms with Crippen molar-refractivity contribution in [3.8, 4) is 0 Å². The number of hydrogen-bond acceptors (Lipinski definition) is 3. The summed E-state index contributed by atoms with van der Waals surface area (Å²) in [6.45, 7) is 0.366. The first-order valence-corrected chi connectivity index (χ1v) is 3.47. The van der Waals surface area contributed by atoms with E-state index in [1.807, 2.05) is 0 Å². The highest BCUT2D eigenvalue weighted by molar-refractivity contribution is 5.03. The van der Waals surface area contributed by atoms with E-state index in [1.54, 1.807) is 19.5 Å². The number of aromatic amines is 1. The van der Waals surface area contributed by atoms with E-state index >= 15 is 0 Å². The maximum absolute atomic E-state index is 9.25. The molecule has 0 spiro atoms. The van der Waals surface area contributed by atoms with Gasteiger partial charge in [-0.15, -0.1) is 0 Å². The molecule has 62 valence electrons. The van der Waals surface area contributed by atoms with E-state index in [9.17, 15) is 5.11 Å². The van der Waals surface area contributed by atoms with Crippen molar-refractivity contribution in [1.29, 1.82) is 0 Å². The van der Waals surface area contributed by atoms with Crippen LogP contribution in [0.5, 0.6) is 0 Å². The van der Waals surface area contributed by atoms with Gasteiger partial charge in [0.05, 0.1) is 18.9 Å². The Labute approximate surface area is 65.2 Å². The first kappa shape index (κ1) is 8.23. The molecular formula is C7H12N2O2. The minimum absolute atomic E-state index is 0.366. The third-order valence-electron chi connectivity index (χ3n) is 1.39. The highest BCUT2D eigenvalue weighted by Gasteiger charge is 2.04. The van der Waals surface area contributed by atoms with Crippen LogP contribution in [0.1, 0.15) is 5.56 Å². The molecule has 4 nitrogen and oxygen atoms in total. The van der Waals surface area contributed by atoms with Crippen molar-refractivity contribution in [2.45, 2.75) is 12.5 Å². The fourth-order valence-corrected chi connectivity index (χ4v) is 0.913. The van der Waals surface area contributed by atoms with Gasteiger partial charge in [-0.3, -0.25) is 5.10 Å². The molecule has 0 radical (unpaired) electrons. The number of aliphatic hydroxyl groups is 1. The first-order chi connectivity index (χ1) is 5.33. The molecule has 0 bridgehead atoms. The van der Waals surface area contributed by atoms with Crippen molar-refractivity contribution in [1.82, 2.24) is 10.2 Å². The van der Waals surface area contributed by atoms with Crippen LogP contribution in [0.15, 0.2) is 12.4 Å². The van der Waals surface area contributed by atoms with Gasteiger partial charge in [0, 0.05) is 19.7 Å². The minimum Gasteiger partial charge on any atom is -0.390 e. The highest BCUT2D eigenvalue weighted by atomic mass is 16.5. The lowest BCUT2D eigenvalue weighted by Crippen LogP contribution is -2.16. The first-order valence-electron chi connectivity index (χ1n) is 3.47. The monoisotopic (exact) mass is 156 g/mol. The molecule has 0 aromatic carbocycles. The Bertz CT molecular complexity index is 186. The Kier molecular flexibility index (Phi) is 3.07. The predicted octanol–water partition coefficient (Wildman–Crippen LogP) is -0.0405. The third kappa shape index (κ3) is 2.69. The van der Waals surface area contributed by atoms with Gasteiger partial charge in [-0.25, -0.2) is 0 Å². The van der Waals surface area contributed by atoms with Gasteiger partial charge in [-0.2, -0.15) is 5.10 Å². The maximum atomic E-state index is 9.25. The Morgan fingerprint density at radius 2 is 2.64 bits per heavy atom. The second-order valence-corrected chi connectivity index (χ2v) is 2.42. The average molecular weight is 156 g/mol. The summed E-state index contributed by atoms with van der Waals surface area (Å²) in [5, 5.41) is 15.7. The van der Waals surface area contributed by atoms with E-state index in [-0.39, 0.29) is 0 Å². The number of rotatable bonds is 4. The number of methoxy groups -OCH3 is 1. The zero-order chi connectivity index (χ0) is 8.10. The lowest BCUT2D eigenvalue weighted by molar-refractivity contribution is 0.0650. The molecule has 11 heavy (non-hydrogen) atoms. The van der Waals surface area contributed by atoms with Crippen LogP contribution in [0, 0.1) is 0 Å². The lowest BCUT2D eigenvalue weighted by Gasteiger charge is -2.06. The number of aromatic nitrogens is 2. The topological polar surface area (TPSA) is 58.1 Å². The summed E-state index contributed by atoms with van der Waals surface area (Å²) in [5.74, 6) is 0. The summed E-state index contributed by atoms with van der Waals surface area (Å²) < 4.78 is 4.77. The molecule has 1 atom stereocenters. The molecule has 1 rings (SSSR count). The number of H-pyrrole nitrogens is 1. The van der Waals surface area contributed by atoms with Crippen LogP contribution in [-0.4, -0.2) is 35.1 Å². The van der Waals surface area contributed by atoms with Crippen molar-refractivity contribution in [3.05, 3.63) is 18.0 Å². The SMILES string of the molecule is COCC(O)Cc1cn[nH]c1. The molecular weight excluding hydrogens is 144 g/mol. The zero-order valence-corrected chi connectivity index (χ0v) is 6.45. The van der Waals surface area contributed by atoms with E-state index < -0.39 is 6.10 Å². The van der Waals surface area contributed by atoms with Crippen LogP contribution in [0.25, 0.3) is 0 Å². The highest BCUT2D eigenvalue weighted by Crippen LogP contribution is 1.99. The number of aliphatic hydroxyl groups excluding tert-OH is 1. The van der Waals surface area contributed by atoms with Crippen LogP contribution in [0.3, 0.4) is 0 Å². The van der Waals surface area contributed by atoms with Gasteiger partial charge in [0.1, 0.15) is 0 Å². The fourth-order valence-electron chi connectivity index (χ4n) is 0.913. The number of nitrogens with one attached hydrogen (secondary N) is 1. The van der Waals surface area contributed by atoms with E-state index in [0.717, 1.165) is 5.56 Å². The quantitative estimate of drug-likeness (QED) is 0.643. The average Bonchev–Trinajstić information content (AvgIpc) is 2.40. The van der Waals surface area contributed by atoms with Crippen molar-refractivity contribution >= 4 is 0 Å². The van der Waals surface area contributed by atoms with Gasteiger partial charge < -0.3 is 9.84 Å². The van der Waals surface area contributed by atoms with Crippen LogP contribution in [0.4, 0.5) is 0 Å². The van der Waals surface area contributed by atoms with Gasteiger partial charge in [-0.1, -0.05) is 0 Å². The minimum atomic E-state index is -0.433. The molecule has 0 aliphatic heterocycles. The summed E-state index contributed by atoms with van der Waals surface area (Å²) >= 11 is 0. The Morgan fingerprint density at radius 3 is 3.18 bits per heavy atom. The van der Waals surface area contributed by atoms with Crippen molar-refractivity contribution in [2.24, 2.45) is 0 Å². The summed E-state index contributed by atoms with van der Waals surface area (Å²) in [4.78, 5) is 0. The molecule has 0 aliphatic rings. The largest absolute Gasteiger partial charge is 0.390 e. The molecule has 0 saturated heterocycles. The van der Waals surface area contributed by atoms with Crippen molar-refractivity contribution in [2.75, 3.05) is 13.7 Å². The molecule has 0 amide bonds. The van der Waals surface area contributed by atoms with Gasteiger partial charge in [0.15, 0.2) is 0 Å². The van der Waals surface area contributed by atoms with Crippen molar-refractivity contribution < 1.29 is 9.84 Å². The molecule has 1 aromatic heterocycles. The van der Waals surface area contributed by atoms with Crippen LogP contribution < -0.4 is 0 Å². The van der Waals surface area contributed by atoms with E-state index in [4.69, 9.17) is 4.74 Å². The second-order valence-electron chi connectivity index (χ2n) is 2.42. The lowest BCUT2D eigenvalue weighted by atomic mass is 10.2. The third-order valence-corrected chi connectivity index (χ3v) is 1.39. The molecule has 0 aliphatic carbocycles. The Morgan fingerprint density at radius 1 is 1.82 bits per heavy atom. The van der Waals surface area contributed by atoms with Gasteiger partial charge in [-0.05, 0) is 5.56 Å². The Hall–Kier alpha value is -0.870. The molecule has 2 N–H and O–H groups in total. The van der Waals surface area contributed by atoms with Gasteiger partial charge >= 0.3 is 0 Å². The molecule has 1 unspecified atom stereocenters. The standard InChI is InChI=1S/C7H12N2O2/c1-11-5-7(10)2-6-3-8-9-4-6/h3-4,7,10H,2,5H2,1H3,(H,8,9). The smallest absolute Gasteiger partial charge is 0.0814 e. The molecule has 4 heteroatoms. The molecule has 0 saturated carbocycles. The predicted molar refractivity (Wildman–Crippen MR) is 40.2 cm³/mol. The number of ether oxygens (including phenoxy) is 1. The fraction of sp³-hybridized carbons (Fsp3) is 0.571. The maximum Gasteiger partial charge on any atom is 0.0814 e. The normalized spacial score (nSPS) is 13.3. The van der Waals surface area contributed by atoms with Gasteiger partial charge in [0.25, 0.3) is 0 Å². The summed E-state index contributed by atoms with van der Waals surface area (Å²) in [6, 6.07) is 0. The summed E-state index contributed by atoms with van der Waals surface area (Å²) in [7, 11) is 1.57. The number of nitrogens with zero attached hydrogens (tertiary/aromatic N) is 1. The zero-order valence-electron chi connectivity index (χ0n) is 6.45. The van der Waals surface area contributed by atoms with Gasteiger partial charge in [0.2, 0.25) is 0 Å². The second kappa shape index (κ2) is 4.10. The van der Waals surface area contributed by atoms with E-state index in [0.29, 0.717) is 13.0 Å².